The molecule has 0 fully saturated rings. The Morgan fingerprint density at radius 1 is 1.26 bits per heavy atom. The van der Waals surface area contributed by atoms with E-state index in [1.165, 1.54) is 11.1 Å². The standard InChI is InChI=1S/C16H23NO2/c1-3-16(19,4-2)11-17-15(18)14-9-12-7-5-6-8-13(12)10-14/h5-8,14,19H,3-4,9-11H2,1-2H3,(H,17,18). The highest BCUT2D eigenvalue weighted by Gasteiger charge is 2.29. The Labute approximate surface area is 115 Å². The number of rotatable bonds is 5. The van der Waals surface area contributed by atoms with E-state index in [1.54, 1.807) is 0 Å². The zero-order chi connectivity index (χ0) is 13.9. The maximum absolute atomic E-state index is 12.2. The minimum Gasteiger partial charge on any atom is -0.388 e. The van der Waals surface area contributed by atoms with Crippen molar-refractivity contribution in [1.29, 1.82) is 0 Å². The minimum absolute atomic E-state index is 0.0235. The molecule has 0 unspecified atom stereocenters. The summed E-state index contributed by atoms with van der Waals surface area (Å²) in [5, 5.41) is 13.1. The first-order valence-electron chi connectivity index (χ1n) is 7.15. The Balaban J connectivity index is 1.90. The van der Waals surface area contributed by atoms with Crippen LogP contribution in [0.5, 0.6) is 0 Å². The van der Waals surface area contributed by atoms with Gasteiger partial charge in [0.1, 0.15) is 0 Å². The Kier molecular flexibility index (Phi) is 4.25. The fourth-order valence-corrected chi connectivity index (χ4v) is 2.64. The third kappa shape index (κ3) is 3.16. The van der Waals surface area contributed by atoms with E-state index in [0.29, 0.717) is 19.4 Å². The lowest BCUT2D eigenvalue weighted by Crippen LogP contribution is -2.44. The normalized spacial score (nSPS) is 15.3. The van der Waals surface area contributed by atoms with E-state index < -0.39 is 5.60 Å². The lowest BCUT2D eigenvalue weighted by molar-refractivity contribution is -0.126. The highest BCUT2D eigenvalue weighted by Crippen LogP contribution is 2.26. The molecule has 3 nitrogen and oxygen atoms in total. The summed E-state index contributed by atoms with van der Waals surface area (Å²) in [6.07, 6.45) is 2.96. The highest BCUT2D eigenvalue weighted by atomic mass is 16.3. The maximum Gasteiger partial charge on any atom is 0.223 e. The zero-order valence-corrected chi connectivity index (χ0v) is 11.8. The number of benzene rings is 1. The lowest BCUT2D eigenvalue weighted by Gasteiger charge is -2.26. The molecule has 1 aliphatic carbocycles. The van der Waals surface area contributed by atoms with Gasteiger partial charge in [-0.25, -0.2) is 0 Å². The number of hydrogen-bond acceptors (Lipinski definition) is 2. The second kappa shape index (κ2) is 5.74. The van der Waals surface area contributed by atoms with Gasteiger partial charge in [-0.05, 0) is 36.8 Å². The SMILES string of the molecule is CCC(O)(CC)CNC(=O)C1Cc2ccccc2C1. The number of hydrogen-bond donors (Lipinski definition) is 2. The largest absolute Gasteiger partial charge is 0.388 e. The zero-order valence-electron chi connectivity index (χ0n) is 11.8. The van der Waals surface area contributed by atoms with Gasteiger partial charge in [-0.1, -0.05) is 38.1 Å². The van der Waals surface area contributed by atoms with Gasteiger partial charge in [0.15, 0.2) is 0 Å². The molecule has 0 heterocycles. The molecule has 0 bridgehead atoms. The van der Waals surface area contributed by atoms with Crippen molar-refractivity contribution in [3.8, 4) is 0 Å². The summed E-state index contributed by atoms with van der Waals surface area (Å²) < 4.78 is 0. The Hall–Kier alpha value is -1.35. The predicted molar refractivity (Wildman–Crippen MR) is 75.9 cm³/mol. The van der Waals surface area contributed by atoms with E-state index >= 15 is 0 Å². The molecule has 0 spiro atoms. The van der Waals surface area contributed by atoms with Crippen LogP contribution in [-0.4, -0.2) is 23.2 Å². The van der Waals surface area contributed by atoms with Gasteiger partial charge in [-0.15, -0.1) is 0 Å². The van der Waals surface area contributed by atoms with Crippen LogP contribution >= 0.6 is 0 Å². The van der Waals surface area contributed by atoms with E-state index in [9.17, 15) is 9.90 Å². The molecular weight excluding hydrogens is 238 g/mol. The van der Waals surface area contributed by atoms with Crippen LogP contribution in [0.25, 0.3) is 0 Å². The molecule has 0 atom stereocenters. The van der Waals surface area contributed by atoms with E-state index in [1.807, 2.05) is 26.0 Å². The quantitative estimate of drug-likeness (QED) is 0.852. The molecule has 1 amide bonds. The average molecular weight is 261 g/mol. The monoisotopic (exact) mass is 261 g/mol. The number of carbonyl (C=O) groups excluding carboxylic acids is 1. The first-order valence-corrected chi connectivity index (χ1v) is 7.15. The molecule has 2 N–H and O–H groups in total. The summed E-state index contributed by atoms with van der Waals surface area (Å²) >= 11 is 0. The molecule has 0 aliphatic heterocycles. The van der Waals surface area contributed by atoms with Crippen molar-refractivity contribution >= 4 is 5.91 Å². The molecule has 19 heavy (non-hydrogen) atoms. The number of amides is 1. The fourth-order valence-electron chi connectivity index (χ4n) is 2.64. The van der Waals surface area contributed by atoms with Gasteiger partial charge < -0.3 is 10.4 Å². The van der Waals surface area contributed by atoms with Gasteiger partial charge in [0.25, 0.3) is 0 Å². The van der Waals surface area contributed by atoms with Crippen molar-refractivity contribution in [3.63, 3.8) is 0 Å². The number of carbonyl (C=O) groups is 1. The molecule has 1 aliphatic rings. The van der Waals surface area contributed by atoms with Gasteiger partial charge in [-0.2, -0.15) is 0 Å². The average Bonchev–Trinajstić information content (AvgIpc) is 2.88. The Morgan fingerprint density at radius 3 is 2.26 bits per heavy atom. The van der Waals surface area contributed by atoms with Gasteiger partial charge >= 0.3 is 0 Å². The minimum atomic E-state index is -0.763. The van der Waals surface area contributed by atoms with Gasteiger partial charge in [0, 0.05) is 12.5 Å². The van der Waals surface area contributed by atoms with Crippen molar-refractivity contribution in [2.24, 2.45) is 5.92 Å². The molecule has 3 heteroatoms. The van der Waals surface area contributed by atoms with Crippen molar-refractivity contribution in [1.82, 2.24) is 5.32 Å². The number of fused-ring (bicyclic) bond motifs is 1. The molecule has 2 rings (SSSR count). The van der Waals surface area contributed by atoms with Crippen molar-refractivity contribution in [2.45, 2.75) is 45.1 Å². The summed E-state index contributed by atoms with van der Waals surface area (Å²) in [4.78, 5) is 12.2. The van der Waals surface area contributed by atoms with Crippen LogP contribution in [0.2, 0.25) is 0 Å². The third-order valence-electron chi connectivity index (χ3n) is 4.33. The van der Waals surface area contributed by atoms with Crippen LogP contribution in [-0.2, 0) is 17.6 Å². The van der Waals surface area contributed by atoms with E-state index in [0.717, 1.165) is 12.8 Å². The van der Waals surface area contributed by atoms with Crippen LogP contribution < -0.4 is 5.32 Å². The number of nitrogens with one attached hydrogen (secondary N) is 1. The lowest BCUT2D eigenvalue weighted by atomic mass is 9.97. The van der Waals surface area contributed by atoms with Crippen LogP contribution in [0, 0.1) is 5.92 Å². The molecule has 1 aromatic carbocycles. The van der Waals surface area contributed by atoms with Crippen LogP contribution in [0.3, 0.4) is 0 Å². The smallest absolute Gasteiger partial charge is 0.223 e. The maximum atomic E-state index is 12.2. The molecule has 1 aromatic rings. The number of aliphatic hydroxyl groups is 1. The Bertz CT molecular complexity index is 427. The summed E-state index contributed by atoms with van der Waals surface area (Å²) in [6.45, 7) is 4.24. The van der Waals surface area contributed by atoms with Crippen molar-refractivity contribution < 1.29 is 9.90 Å². The topological polar surface area (TPSA) is 49.3 Å². The first kappa shape index (κ1) is 14.1. The summed E-state index contributed by atoms with van der Waals surface area (Å²) in [5.41, 5.74) is 1.80. The first-order chi connectivity index (χ1) is 9.08. The third-order valence-corrected chi connectivity index (χ3v) is 4.33. The second-order valence-corrected chi connectivity index (χ2v) is 5.52. The molecule has 0 aromatic heterocycles. The molecule has 104 valence electrons. The van der Waals surface area contributed by atoms with Gasteiger partial charge in [-0.3, -0.25) is 4.79 Å². The van der Waals surface area contributed by atoms with Crippen LogP contribution in [0.4, 0.5) is 0 Å². The van der Waals surface area contributed by atoms with Gasteiger partial charge in [0.2, 0.25) is 5.91 Å². The van der Waals surface area contributed by atoms with Gasteiger partial charge in [0.05, 0.1) is 5.60 Å². The molecule has 0 radical (unpaired) electrons. The van der Waals surface area contributed by atoms with E-state index in [4.69, 9.17) is 0 Å². The van der Waals surface area contributed by atoms with Crippen molar-refractivity contribution in [2.75, 3.05) is 6.54 Å². The fraction of sp³-hybridized carbons (Fsp3) is 0.562. The summed E-state index contributed by atoms with van der Waals surface area (Å²) in [6, 6.07) is 8.23. The van der Waals surface area contributed by atoms with Crippen LogP contribution in [0.1, 0.15) is 37.8 Å². The van der Waals surface area contributed by atoms with Crippen molar-refractivity contribution in [3.05, 3.63) is 35.4 Å². The van der Waals surface area contributed by atoms with E-state index in [-0.39, 0.29) is 11.8 Å². The predicted octanol–water partition coefficient (Wildman–Crippen LogP) is 2.07. The summed E-state index contributed by atoms with van der Waals surface area (Å²) in [7, 11) is 0. The molecule has 0 saturated carbocycles. The molecular formula is C16H23NO2. The highest BCUT2D eigenvalue weighted by molar-refractivity contribution is 5.80. The summed E-state index contributed by atoms with van der Waals surface area (Å²) in [5.74, 6) is 0.0897. The molecule has 0 saturated heterocycles. The van der Waals surface area contributed by atoms with E-state index in [2.05, 4.69) is 17.4 Å². The van der Waals surface area contributed by atoms with Crippen LogP contribution in [0.15, 0.2) is 24.3 Å². The second-order valence-electron chi connectivity index (χ2n) is 5.52. The Morgan fingerprint density at radius 2 is 1.79 bits per heavy atom.